The number of phenolic OH excluding ortho intramolecular Hbond substituents is 1. The predicted octanol–water partition coefficient (Wildman–Crippen LogP) is 3.67. The van der Waals surface area contributed by atoms with E-state index in [9.17, 15) is 9.90 Å². The van der Waals surface area contributed by atoms with Crippen molar-refractivity contribution in [1.29, 1.82) is 0 Å². The number of rotatable bonds is 4. The summed E-state index contributed by atoms with van der Waals surface area (Å²) in [6.45, 7) is 5.99. The van der Waals surface area contributed by atoms with Crippen molar-refractivity contribution in [2.75, 3.05) is 0 Å². The van der Waals surface area contributed by atoms with Crippen LogP contribution in [0.5, 0.6) is 5.75 Å². The van der Waals surface area contributed by atoms with Crippen molar-refractivity contribution in [2.24, 2.45) is 5.10 Å². The SMILES string of the molecule is C/C(=N\NC(=O)c1ccc(C(C)C)cc1)c1cccc(O)c1. The van der Waals surface area contributed by atoms with E-state index in [1.54, 1.807) is 37.3 Å². The smallest absolute Gasteiger partial charge is 0.271 e. The third-order valence-electron chi connectivity index (χ3n) is 3.43. The van der Waals surface area contributed by atoms with Crippen LogP contribution in [-0.2, 0) is 0 Å². The Hall–Kier alpha value is -2.62. The Labute approximate surface area is 130 Å². The summed E-state index contributed by atoms with van der Waals surface area (Å²) in [5.41, 5.74) is 5.68. The minimum Gasteiger partial charge on any atom is -0.508 e. The molecular formula is C18H20N2O2. The van der Waals surface area contributed by atoms with Crippen molar-refractivity contribution in [3.05, 3.63) is 65.2 Å². The van der Waals surface area contributed by atoms with E-state index in [4.69, 9.17) is 0 Å². The molecule has 0 aliphatic heterocycles. The molecule has 22 heavy (non-hydrogen) atoms. The van der Waals surface area contributed by atoms with Crippen LogP contribution in [0.25, 0.3) is 0 Å². The second-order valence-corrected chi connectivity index (χ2v) is 5.47. The lowest BCUT2D eigenvalue weighted by Crippen LogP contribution is -2.19. The number of carbonyl (C=O) groups is 1. The highest BCUT2D eigenvalue weighted by Gasteiger charge is 2.06. The van der Waals surface area contributed by atoms with Gasteiger partial charge in [-0.3, -0.25) is 4.79 Å². The Balaban J connectivity index is 2.07. The number of aromatic hydroxyl groups is 1. The predicted molar refractivity (Wildman–Crippen MR) is 88.3 cm³/mol. The summed E-state index contributed by atoms with van der Waals surface area (Å²) in [4.78, 5) is 12.1. The molecule has 0 radical (unpaired) electrons. The Morgan fingerprint density at radius 2 is 1.77 bits per heavy atom. The van der Waals surface area contributed by atoms with Gasteiger partial charge in [0.25, 0.3) is 5.91 Å². The maximum absolute atomic E-state index is 12.1. The topological polar surface area (TPSA) is 61.7 Å². The van der Waals surface area contributed by atoms with Gasteiger partial charge in [0, 0.05) is 11.1 Å². The molecule has 0 saturated heterocycles. The van der Waals surface area contributed by atoms with Crippen LogP contribution in [0.3, 0.4) is 0 Å². The van der Waals surface area contributed by atoms with Crippen LogP contribution < -0.4 is 5.43 Å². The van der Waals surface area contributed by atoms with Crippen LogP contribution in [0.4, 0.5) is 0 Å². The highest BCUT2D eigenvalue weighted by atomic mass is 16.3. The van der Waals surface area contributed by atoms with Gasteiger partial charge in [-0.1, -0.05) is 38.1 Å². The van der Waals surface area contributed by atoms with Gasteiger partial charge in [0.05, 0.1) is 5.71 Å². The summed E-state index contributed by atoms with van der Waals surface area (Å²) in [6.07, 6.45) is 0. The zero-order chi connectivity index (χ0) is 16.1. The van der Waals surface area contributed by atoms with Crippen LogP contribution in [0.1, 0.15) is 48.2 Å². The summed E-state index contributed by atoms with van der Waals surface area (Å²) in [7, 11) is 0. The molecule has 2 aromatic carbocycles. The summed E-state index contributed by atoms with van der Waals surface area (Å²) in [5.74, 6) is 0.348. The molecule has 0 aromatic heterocycles. The quantitative estimate of drug-likeness (QED) is 0.668. The number of hydrogen-bond acceptors (Lipinski definition) is 3. The molecule has 0 bridgehead atoms. The molecule has 2 N–H and O–H groups in total. The zero-order valence-electron chi connectivity index (χ0n) is 13.0. The summed E-state index contributed by atoms with van der Waals surface area (Å²) in [6, 6.07) is 14.2. The molecule has 4 nitrogen and oxygen atoms in total. The van der Waals surface area contributed by atoms with Crippen LogP contribution >= 0.6 is 0 Å². The molecular weight excluding hydrogens is 276 g/mol. The van der Waals surface area contributed by atoms with E-state index >= 15 is 0 Å². The molecule has 0 unspecified atom stereocenters. The van der Waals surface area contributed by atoms with Gasteiger partial charge in [-0.15, -0.1) is 0 Å². The van der Waals surface area contributed by atoms with Crippen molar-refractivity contribution in [3.63, 3.8) is 0 Å². The normalized spacial score (nSPS) is 11.5. The highest BCUT2D eigenvalue weighted by molar-refractivity contribution is 6.01. The van der Waals surface area contributed by atoms with Gasteiger partial charge in [-0.25, -0.2) is 5.43 Å². The standard InChI is InChI=1S/C18H20N2O2/c1-12(2)14-7-9-15(10-8-14)18(22)20-19-13(3)16-5-4-6-17(21)11-16/h4-12,21H,1-3H3,(H,20,22)/b19-13+. The second kappa shape index (κ2) is 6.89. The minimum atomic E-state index is -0.255. The fraction of sp³-hybridized carbons (Fsp3) is 0.222. The van der Waals surface area contributed by atoms with Crippen molar-refractivity contribution >= 4 is 11.6 Å². The molecule has 0 spiro atoms. The highest BCUT2D eigenvalue weighted by Crippen LogP contribution is 2.15. The number of carbonyl (C=O) groups excluding carboxylic acids is 1. The van der Waals surface area contributed by atoms with Crippen molar-refractivity contribution in [1.82, 2.24) is 5.43 Å². The van der Waals surface area contributed by atoms with Crippen molar-refractivity contribution < 1.29 is 9.90 Å². The fourth-order valence-electron chi connectivity index (χ4n) is 2.01. The number of nitrogens with zero attached hydrogens (tertiary/aromatic N) is 1. The van der Waals surface area contributed by atoms with Crippen LogP contribution in [0.2, 0.25) is 0 Å². The van der Waals surface area contributed by atoms with Gasteiger partial charge in [-0.2, -0.15) is 5.10 Å². The number of hydrogen-bond donors (Lipinski definition) is 2. The van der Waals surface area contributed by atoms with Gasteiger partial charge < -0.3 is 5.11 Å². The van der Waals surface area contributed by atoms with E-state index in [0.29, 0.717) is 17.2 Å². The largest absolute Gasteiger partial charge is 0.508 e. The maximum Gasteiger partial charge on any atom is 0.271 e. The summed E-state index contributed by atoms with van der Waals surface area (Å²) < 4.78 is 0. The number of hydrazone groups is 1. The Morgan fingerprint density at radius 3 is 2.36 bits per heavy atom. The molecule has 0 atom stereocenters. The maximum atomic E-state index is 12.1. The zero-order valence-corrected chi connectivity index (χ0v) is 13.0. The van der Waals surface area contributed by atoms with E-state index in [1.165, 1.54) is 5.56 Å². The first-order valence-electron chi connectivity index (χ1n) is 7.21. The number of benzene rings is 2. The third kappa shape index (κ3) is 3.95. The average Bonchev–Trinajstić information content (AvgIpc) is 2.52. The molecule has 2 aromatic rings. The third-order valence-corrected chi connectivity index (χ3v) is 3.43. The Bertz CT molecular complexity index is 688. The molecule has 0 fully saturated rings. The summed E-state index contributed by atoms with van der Waals surface area (Å²) in [5, 5.41) is 13.5. The Kier molecular flexibility index (Phi) is 4.94. The minimum absolute atomic E-state index is 0.169. The fourth-order valence-corrected chi connectivity index (χ4v) is 2.01. The first-order chi connectivity index (χ1) is 10.5. The monoisotopic (exact) mass is 296 g/mol. The van der Waals surface area contributed by atoms with Gasteiger partial charge in [0.1, 0.15) is 5.75 Å². The average molecular weight is 296 g/mol. The van der Waals surface area contributed by atoms with Gasteiger partial charge in [0.2, 0.25) is 0 Å². The lowest BCUT2D eigenvalue weighted by atomic mass is 10.0. The van der Waals surface area contributed by atoms with Gasteiger partial charge in [0.15, 0.2) is 0 Å². The molecule has 0 saturated carbocycles. The summed E-state index contributed by atoms with van der Waals surface area (Å²) >= 11 is 0. The molecule has 2 rings (SSSR count). The Morgan fingerprint density at radius 1 is 1.09 bits per heavy atom. The lowest BCUT2D eigenvalue weighted by Gasteiger charge is -2.06. The van der Waals surface area contributed by atoms with Crippen LogP contribution in [0, 0.1) is 0 Å². The molecule has 0 aliphatic rings. The van der Waals surface area contributed by atoms with Crippen LogP contribution in [-0.4, -0.2) is 16.7 Å². The van der Waals surface area contributed by atoms with Crippen molar-refractivity contribution in [3.8, 4) is 5.75 Å². The molecule has 0 heterocycles. The molecule has 1 amide bonds. The van der Waals surface area contributed by atoms with E-state index in [0.717, 1.165) is 5.56 Å². The van der Waals surface area contributed by atoms with E-state index in [1.807, 2.05) is 18.2 Å². The van der Waals surface area contributed by atoms with E-state index < -0.39 is 0 Å². The number of amides is 1. The molecule has 0 aliphatic carbocycles. The molecule has 4 heteroatoms. The first kappa shape index (κ1) is 15.8. The first-order valence-corrected chi connectivity index (χ1v) is 7.21. The van der Waals surface area contributed by atoms with E-state index in [-0.39, 0.29) is 11.7 Å². The second-order valence-electron chi connectivity index (χ2n) is 5.47. The van der Waals surface area contributed by atoms with Gasteiger partial charge >= 0.3 is 0 Å². The lowest BCUT2D eigenvalue weighted by molar-refractivity contribution is 0.0955. The van der Waals surface area contributed by atoms with E-state index in [2.05, 4.69) is 24.4 Å². The number of nitrogens with one attached hydrogen (secondary N) is 1. The molecule has 114 valence electrons. The van der Waals surface area contributed by atoms with Gasteiger partial charge in [-0.05, 0) is 42.7 Å². The van der Waals surface area contributed by atoms with Crippen molar-refractivity contribution in [2.45, 2.75) is 26.7 Å². The number of phenols is 1. The van der Waals surface area contributed by atoms with Crippen LogP contribution in [0.15, 0.2) is 53.6 Å².